The number of hydrogen-bond donors (Lipinski definition) is 3. The van der Waals surface area contributed by atoms with Gasteiger partial charge in [-0.05, 0) is 24.3 Å². The third-order valence-corrected chi connectivity index (χ3v) is 3.23. The number of carbonyl (C=O) groups is 2. The Morgan fingerprint density at radius 2 is 1.64 bits per heavy atom. The lowest BCUT2D eigenvalue weighted by atomic mass is 10.1. The van der Waals surface area contributed by atoms with Crippen LogP contribution < -0.4 is 16.4 Å². The molecule has 0 spiro atoms. The quantitative estimate of drug-likeness (QED) is 0.570. The van der Waals surface area contributed by atoms with E-state index in [4.69, 9.17) is 11.0 Å². The van der Waals surface area contributed by atoms with Gasteiger partial charge in [-0.1, -0.05) is 24.3 Å². The van der Waals surface area contributed by atoms with E-state index < -0.39 is 11.8 Å². The number of nitrogens with two attached hydrogens (primary N) is 1. The van der Waals surface area contributed by atoms with Crippen LogP contribution in [0, 0.1) is 22.7 Å². The van der Waals surface area contributed by atoms with Crippen molar-refractivity contribution >= 4 is 23.2 Å². The SMILES string of the molecule is N#C/C(=C/Nc1ccccc1C(N)=O)C(=O)Nc1ccccc1C#N. The van der Waals surface area contributed by atoms with Crippen molar-refractivity contribution in [3.05, 3.63) is 71.4 Å². The van der Waals surface area contributed by atoms with E-state index in [-0.39, 0.29) is 16.7 Å². The van der Waals surface area contributed by atoms with E-state index in [0.717, 1.165) is 0 Å². The lowest BCUT2D eigenvalue weighted by Gasteiger charge is -2.08. The van der Waals surface area contributed by atoms with Crippen molar-refractivity contribution < 1.29 is 9.59 Å². The Kier molecular flexibility index (Phi) is 5.49. The second-order valence-electron chi connectivity index (χ2n) is 4.84. The predicted octanol–water partition coefficient (Wildman–Crippen LogP) is 2.12. The highest BCUT2D eigenvalue weighted by atomic mass is 16.2. The lowest BCUT2D eigenvalue weighted by molar-refractivity contribution is -0.112. The summed E-state index contributed by atoms with van der Waals surface area (Å²) in [5.74, 6) is -1.32. The van der Waals surface area contributed by atoms with Gasteiger partial charge in [0.25, 0.3) is 11.8 Å². The standard InChI is InChI=1S/C18H13N5O2/c19-9-12-5-1-3-7-15(12)23-18(25)13(10-20)11-22-16-8-4-2-6-14(16)17(21)24/h1-8,11,22H,(H2,21,24)(H,23,25)/b13-11-. The van der Waals surface area contributed by atoms with E-state index in [2.05, 4.69) is 10.6 Å². The Bertz CT molecular complexity index is 935. The summed E-state index contributed by atoms with van der Waals surface area (Å²) < 4.78 is 0. The van der Waals surface area contributed by atoms with Crippen molar-refractivity contribution in [2.75, 3.05) is 10.6 Å². The number of nitriles is 2. The Hall–Kier alpha value is -4.10. The van der Waals surface area contributed by atoms with Gasteiger partial charge in [0.2, 0.25) is 0 Å². The molecular formula is C18H13N5O2. The summed E-state index contributed by atoms with van der Waals surface area (Å²) >= 11 is 0. The molecule has 2 aromatic rings. The highest BCUT2D eigenvalue weighted by Gasteiger charge is 2.12. The molecule has 2 aromatic carbocycles. The molecule has 2 rings (SSSR count). The fraction of sp³-hybridized carbons (Fsp3) is 0. The van der Waals surface area contributed by atoms with Crippen molar-refractivity contribution in [3.63, 3.8) is 0 Å². The molecule has 0 saturated heterocycles. The molecule has 7 nitrogen and oxygen atoms in total. The smallest absolute Gasteiger partial charge is 0.267 e. The molecule has 2 amide bonds. The van der Waals surface area contributed by atoms with E-state index >= 15 is 0 Å². The average Bonchev–Trinajstić information content (AvgIpc) is 2.63. The highest BCUT2D eigenvalue weighted by Crippen LogP contribution is 2.16. The molecule has 25 heavy (non-hydrogen) atoms. The number of carbonyl (C=O) groups excluding carboxylic acids is 2. The monoisotopic (exact) mass is 331 g/mol. The zero-order valence-electron chi connectivity index (χ0n) is 13.0. The molecule has 0 aliphatic carbocycles. The van der Waals surface area contributed by atoms with Crippen molar-refractivity contribution in [2.45, 2.75) is 0 Å². The van der Waals surface area contributed by atoms with E-state index in [1.165, 1.54) is 12.3 Å². The van der Waals surface area contributed by atoms with Gasteiger partial charge in [-0.2, -0.15) is 10.5 Å². The van der Waals surface area contributed by atoms with E-state index in [0.29, 0.717) is 11.4 Å². The zero-order valence-corrected chi connectivity index (χ0v) is 13.0. The van der Waals surface area contributed by atoms with E-state index in [9.17, 15) is 14.9 Å². The number of nitrogens with one attached hydrogen (secondary N) is 2. The van der Waals surface area contributed by atoms with E-state index in [1.807, 2.05) is 6.07 Å². The van der Waals surface area contributed by atoms with Gasteiger partial charge in [0.1, 0.15) is 17.7 Å². The molecule has 0 fully saturated rings. The second kappa shape index (κ2) is 7.95. The minimum absolute atomic E-state index is 0.228. The number of rotatable bonds is 5. The van der Waals surface area contributed by atoms with Crippen molar-refractivity contribution in [3.8, 4) is 12.1 Å². The molecule has 0 radical (unpaired) electrons. The summed E-state index contributed by atoms with van der Waals surface area (Å²) in [5.41, 5.74) is 6.22. The molecular weight excluding hydrogens is 318 g/mol. The molecule has 122 valence electrons. The molecule has 0 unspecified atom stereocenters. The van der Waals surface area contributed by atoms with Crippen LogP contribution in [-0.2, 0) is 4.79 Å². The number of benzene rings is 2. The maximum Gasteiger partial charge on any atom is 0.267 e. The number of hydrogen-bond acceptors (Lipinski definition) is 5. The van der Waals surface area contributed by atoms with Crippen LogP contribution >= 0.6 is 0 Å². The Morgan fingerprint density at radius 3 is 2.28 bits per heavy atom. The Labute approximate surface area is 144 Å². The first-order valence-electron chi connectivity index (χ1n) is 7.13. The molecule has 0 aliphatic heterocycles. The first kappa shape index (κ1) is 17.3. The topological polar surface area (TPSA) is 132 Å². The number of primary amides is 1. The van der Waals surface area contributed by atoms with Crippen LogP contribution in [0.1, 0.15) is 15.9 Å². The molecule has 0 bridgehead atoms. The van der Waals surface area contributed by atoms with Gasteiger partial charge in [-0.15, -0.1) is 0 Å². The maximum absolute atomic E-state index is 12.2. The van der Waals surface area contributed by atoms with Crippen molar-refractivity contribution in [1.29, 1.82) is 10.5 Å². The fourth-order valence-electron chi connectivity index (χ4n) is 2.00. The third-order valence-electron chi connectivity index (χ3n) is 3.23. The van der Waals surface area contributed by atoms with Gasteiger partial charge >= 0.3 is 0 Å². The van der Waals surface area contributed by atoms with Crippen LogP contribution in [0.15, 0.2) is 60.3 Å². The lowest BCUT2D eigenvalue weighted by Crippen LogP contribution is -2.16. The number of amides is 2. The average molecular weight is 331 g/mol. The number of anilines is 2. The summed E-state index contributed by atoms with van der Waals surface area (Å²) in [7, 11) is 0. The van der Waals surface area contributed by atoms with Gasteiger partial charge in [0.05, 0.1) is 22.5 Å². The van der Waals surface area contributed by atoms with Crippen LogP contribution in [0.2, 0.25) is 0 Å². The molecule has 4 N–H and O–H groups in total. The van der Waals surface area contributed by atoms with Crippen molar-refractivity contribution in [1.82, 2.24) is 0 Å². The van der Waals surface area contributed by atoms with Gasteiger partial charge in [0.15, 0.2) is 0 Å². The largest absolute Gasteiger partial charge is 0.366 e. The summed E-state index contributed by atoms with van der Waals surface area (Å²) in [6.45, 7) is 0. The summed E-state index contributed by atoms with van der Waals surface area (Å²) in [6, 6.07) is 16.6. The highest BCUT2D eigenvalue weighted by molar-refractivity contribution is 6.07. The molecule has 0 saturated carbocycles. The third kappa shape index (κ3) is 4.21. The summed E-state index contributed by atoms with van der Waals surface area (Å²) in [6.07, 6.45) is 1.17. The summed E-state index contributed by atoms with van der Waals surface area (Å²) in [5, 5.41) is 23.4. The van der Waals surface area contributed by atoms with Crippen LogP contribution in [0.4, 0.5) is 11.4 Å². The maximum atomic E-state index is 12.2. The Morgan fingerprint density at radius 1 is 1.00 bits per heavy atom. The first-order chi connectivity index (χ1) is 12.1. The zero-order chi connectivity index (χ0) is 18.2. The number of para-hydroxylation sites is 2. The normalized spacial score (nSPS) is 10.2. The minimum Gasteiger partial charge on any atom is -0.366 e. The van der Waals surface area contributed by atoms with Crippen LogP contribution in [0.25, 0.3) is 0 Å². The molecule has 0 aliphatic rings. The molecule has 0 atom stereocenters. The molecule has 0 aromatic heterocycles. The van der Waals surface area contributed by atoms with Gasteiger partial charge in [-0.3, -0.25) is 9.59 Å². The first-order valence-corrected chi connectivity index (χ1v) is 7.13. The second-order valence-corrected chi connectivity index (χ2v) is 4.84. The van der Waals surface area contributed by atoms with Crippen LogP contribution in [0.3, 0.4) is 0 Å². The number of nitrogens with zero attached hydrogens (tertiary/aromatic N) is 2. The van der Waals surface area contributed by atoms with Crippen LogP contribution in [0.5, 0.6) is 0 Å². The van der Waals surface area contributed by atoms with Gasteiger partial charge < -0.3 is 16.4 Å². The fourth-order valence-corrected chi connectivity index (χ4v) is 2.00. The minimum atomic E-state index is -0.686. The molecule has 0 heterocycles. The van der Waals surface area contributed by atoms with Gasteiger partial charge in [0, 0.05) is 6.20 Å². The van der Waals surface area contributed by atoms with Crippen molar-refractivity contribution in [2.24, 2.45) is 5.73 Å². The molecule has 7 heteroatoms. The van der Waals surface area contributed by atoms with E-state index in [1.54, 1.807) is 48.5 Å². The van der Waals surface area contributed by atoms with Gasteiger partial charge in [-0.25, -0.2) is 0 Å². The predicted molar refractivity (Wildman–Crippen MR) is 92.1 cm³/mol. The summed E-state index contributed by atoms with van der Waals surface area (Å²) in [4.78, 5) is 23.6. The Balaban J connectivity index is 2.21. The van der Waals surface area contributed by atoms with Crippen LogP contribution in [-0.4, -0.2) is 11.8 Å².